The maximum absolute atomic E-state index is 13.2. The van der Waals surface area contributed by atoms with E-state index in [9.17, 15) is 14.7 Å². The molecule has 33 heavy (non-hydrogen) atoms. The summed E-state index contributed by atoms with van der Waals surface area (Å²) in [6.07, 6.45) is 1.49. The first-order valence-corrected chi connectivity index (χ1v) is 10.2. The standard InChI is InChI=1S/C25H23NO7/c1-30-15-10-11-20(32-3)18(13-15)23(27)21-22(17-8-4-5-9-19(17)31-2)26(25(29)24(21)28)14-16-7-6-12-33-16/h4-13,22,27H,14H2,1-3H3/b23-21+. The summed E-state index contributed by atoms with van der Waals surface area (Å²) in [6.45, 7) is 0.0340. The lowest BCUT2D eigenvalue weighted by molar-refractivity contribution is -0.140. The first-order chi connectivity index (χ1) is 16.0. The quantitative estimate of drug-likeness (QED) is 0.332. The average molecular weight is 449 g/mol. The molecule has 1 N–H and O–H groups in total. The number of likely N-dealkylation sites (tertiary alicyclic amines) is 1. The molecule has 0 saturated carbocycles. The maximum atomic E-state index is 13.2. The predicted molar refractivity (Wildman–Crippen MR) is 119 cm³/mol. The Morgan fingerprint density at radius 1 is 0.970 bits per heavy atom. The van der Waals surface area contributed by atoms with Crippen LogP contribution in [0.5, 0.6) is 17.2 Å². The van der Waals surface area contributed by atoms with Crippen LogP contribution in [0.3, 0.4) is 0 Å². The van der Waals surface area contributed by atoms with Gasteiger partial charge in [0.05, 0.1) is 51.3 Å². The Kier molecular flexibility index (Phi) is 6.08. The van der Waals surface area contributed by atoms with Crippen molar-refractivity contribution in [1.29, 1.82) is 0 Å². The lowest BCUT2D eigenvalue weighted by atomic mass is 9.94. The lowest BCUT2D eigenvalue weighted by Crippen LogP contribution is -2.29. The van der Waals surface area contributed by atoms with Gasteiger partial charge in [-0.1, -0.05) is 18.2 Å². The topological polar surface area (TPSA) is 98.4 Å². The SMILES string of the molecule is COc1ccc(OC)c(/C(O)=C2\C(=O)C(=O)N(Cc3ccco3)C2c2ccccc2OC)c1. The summed E-state index contributed by atoms with van der Waals surface area (Å²) in [5, 5.41) is 11.4. The van der Waals surface area contributed by atoms with Crippen LogP contribution in [0.15, 0.2) is 70.9 Å². The third-order valence-electron chi connectivity index (χ3n) is 5.54. The minimum Gasteiger partial charge on any atom is -0.507 e. The molecular formula is C25H23NO7. The van der Waals surface area contributed by atoms with Gasteiger partial charge in [0.2, 0.25) is 0 Å². The van der Waals surface area contributed by atoms with Crippen LogP contribution in [0.25, 0.3) is 5.76 Å². The maximum Gasteiger partial charge on any atom is 0.296 e. The molecule has 1 amide bonds. The number of nitrogens with zero attached hydrogens (tertiary/aromatic N) is 1. The highest BCUT2D eigenvalue weighted by molar-refractivity contribution is 6.46. The van der Waals surface area contributed by atoms with Crippen molar-refractivity contribution in [3.63, 3.8) is 0 Å². The second-order valence-electron chi connectivity index (χ2n) is 7.31. The van der Waals surface area contributed by atoms with Gasteiger partial charge in [-0.05, 0) is 36.4 Å². The van der Waals surface area contributed by atoms with E-state index >= 15 is 0 Å². The van der Waals surface area contributed by atoms with E-state index in [1.807, 2.05) is 0 Å². The lowest BCUT2D eigenvalue weighted by Gasteiger charge is -2.26. The molecule has 0 bridgehead atoms. The Hall–Kier alpha value is -4.20. The number of carbonyl (C=O) groups is 2. The number of amides is 1. The second-order valence-corrected chi connectivity index (χ2v) is 7.31. The Balaban J connectivity index is 1.95. The number of rotatable bonds is 7. The van der Waals surface area contributed by atoms with Crippen LogP contribution in [0, 0.1) is 0 Å². The molecule has 1 unspecified atom stereocenters. The smallest absolute Gasteiger partial charge is 0.296 e. The van der Waals surface area contributed by atoms with Crippen LogP contribution in [0.4, 0.5) is 0 Å². The van der Waals surface area contributed by atoms with Crippen LogP contribution < -0.4 is 14.2 Å². The highest BCUT2D eigenvalue weighted by Crippen LogP contribution is 2.44. The molecule has 8 heteroatoms. The molecule has 1 aliphatic heterocycles. The predicted octanol–water partition coefficient (Wildman–Crippen LogP) is 3.93. The van der Waals surface area contributed by atoms with Crippen molar-refractivity contribution in [3.05, 3.63) is 83.3 Å². The van der Waals surface area contributed by atoms with E-state index in [0.29, 0.717) is 28.6 Å². The summed E-state index contributed by atoms with van der Waals surface area (Å²) in [5.41, 5.74) is 0.699. The Morgan fingerprint density at radius 3 is 2.39 bits per heavy atom. The second kappa shape index (κ2) is 9.12. The molecule has 1 aliphatic rings. The number of hydrogen-bond donors (Lipinski definition) is 1. The molecule has 0 spiro atoms. The Bertz CT molecular complexity index is 1210. The van der Waals surface area contributed by atoms with Crippen LogP contribution in [-0.2, 0) is 16.1 Å². The third-order valence-corrected chi connectivity index (χ3v) is 5.54. The number of furan rings is 1. The summed E-state index contributed by atoms with van der Waals surface area (Å²) >= 11 is 0. The number of carbonyl (C=O) groups excluding carboxylic acids is 2. The normalized spacial score (nSPS) is 17.3. The van der Waals surface area contributed by atoms with Gasteiger partial charge < -0.3 is 28.6 Å². The van der Waals surface area contributed by atoms with Crippen molar-refractivity contribution in [1.82, 2.24) is 4.90 Å². The monoisotopic (exact) mass is 449 g/mol. The molecule has 0 radical (unpaired) electrons. The fourth-order valence-corrected chi connectivity index (χ4v) is 3.97. The summed E-state index contributed by atoms with van der Waals surface area (Å²) in [7, 11) is 4.44. The molecule has 1 saturated heterocycles. The third kappa shape index (κ3) is 3.91. The number of Topliss-reactive ketones (excluding diaryl/α,β-unsaturated/α-hetero) is 1. The Labute approximate surface area is 190 Å². The van der Waals surface area contributed by atoms with Crippen LogP contribution in [0.2, 0.25) is 0 Å². The van der Waals surface area contributed by atoms with Gasteiger partial charge in [-0.2, -0.15) is 0 Å². The van der Waals surface area contributed by atoms with Crippen molar-refractivity contribution in [2.24, 2.45) is 0 Å². The van der Waals surface area contributed by atoms with E-state index in [-0.39, 0.29) is 23.4 Å². The van der Waals surface area contributed by atoms with Gasteiger partial charge in [-0.25, -0.2) is 0 Å². The van der Waals surface area contributed by atoms with Gasteiger partial charge >= 0.3 is 0 Å². The van der Waals surface area contributed by atoms with Gasteiger partial charge in [-0.3, -0.25) is 9.59 Å². The molecule has 1 fully saturated rings. The zero-order chi connectivity index (χ0) is 23.5. The number of methoxy groups -OCH3 is 3. The van der Waals surface area contributed by atoms with E-state index < -0.39 is 17.7 Å². The number of ether oxygens (including phenoxy) is 3. The summed E-state index contributed by atoms with van der Waals surface area (Å²) in [6, 6.07) is 14.4. The number of hydrogen-bond acceptors (Lipinski definition) is 7. The summed E-state index contributed by atoms with van der Waals surface area (Å²) in [4.78, 5) is 27.7. The van der Waals surface area contributed by atoms with Gasteiger partial charge in [0.1, 0.15) is 28.8 Å². The molecule has 4 rings (SSSR count). The summed E-state index contributed by atoms with van der Waals surface area (Å²) in [5.74, 6) is -0.207. The van der Waals surface area contributed by atoms with Crippen molar-refractivity contribution in [2.75, 3.05) is 21.3 Å². The van der Waals surface area contributed by atoms with E-state index in [2.05, 4.69) is 0 Å². The molecule has 170 valence electrons. The minimum atomic E-state index is -0.915. The first-order valence-electron chi connectivity index (χ1n) is 10.2. The zero-order valence-corrected chi connectivity index (χ0v) is 18.4. The number of ketones is 1. The minimum absolute atomic E-state index is 0.0340. The molecule has 2 aromatic carbocycles. The van der Waals surface area contributed by atoms with Crippen molar-refractivity contribution in [3.8, 4) is 17.2 Å². The van der Waals surface area contributed by atoms with Crippen LogP contribution in [0.1, 0.15) is 22.9 Å². The van der Waals surface area contributed by atoms with Crippen LogP contribution in [-0.4, -0.2) is 43.0 Å². The highest BCUT2D eigenvalue weighted by Gasteiger charge is 2.47. The fraction of sp³-hybridized carbons (Fsp3) is 0.200. The van der Waals surface area contributed by atoms with E-state index in [1.54, 1.807) is 54.6 Å². The van der Waals surface area contributed by atoms with Crippen molar-refractivity contribution >= 4 is 17.4 Å². The first kappa shape index (κ1) is 22.0. The highest BCUT2D eigenvalue weighted by atomic mass is 16.5. The van der Waals surface area contributed by atoms with E-state index in [1.165, 1.54) is 32.5 Å². The van der Waals surface area contributed by atoms with Gasteiger partial charge in [0.15, 0.2) is 0 Å². The zero-order valence-electron chi connectivity index (χ0n) is 18.4. The van der Waals surface area contributed by atoms with Gasteiger partial charge in [-0.15, -0.1) is 0 Å². The molecule has 1 aromatic heterocycles. The largest absolute Gasteiger partial charge is 0.507 e. The fourth-order valence-electron chi connectivity index (χ4n) is 3.97. The van der Waals surface area contributed by atoms with Crippen molar-refractivity contribution < 1.29 is 33.3 Å². The van der Waals surface area contributed by atoms with Gasteiger partial charge in [0, 0.05) is 5.56 Å². The summed E-state index contributed by atoms with van der Waals surface area (Å²) < 4.78 is 21.6. The van der Waals surface area contributed by atoms with Crippen LogP contribution >= 0.6 is 0 Å². The Morgan fingerprint density at radius 2 is 1.73 bits per heavy atom. The molecule has 2 heterocycles. The molecular weight excluding hydrogens is 426 g/mol. The number of para-hydroxylation sites is 1. The molecule has 1 atom stereocenters. The van der Waals surface area contributed by atoms with E-state index in [0.717, 1.165) is 0 Å². The van der Waals surface area contributed by atoms with E-state index in [4.69, 9.17) is 18.6 Å². The number of aliphatic hydroxyl groups excluding tert-OH is 1. The van der Waals surface area contributed by atoms with Gasteiger partial charge in [0.25, 0.3) is 11.7 Å². The molecule has 3 aromatic rings. The molecule has 8 nitrogen and oxygen atoms in total. The number of benzene rings is 2. The molecule has 0 aliphatic carbocycles. The average Bonchev–Trinajstić information content (AvgIpc) is 3.45. The van der Waals surface area contributed by atoms with Crippen molar-refractivity contribution in [2.45, 2.75) is 12.6 Å². The number of aliphatic hydroxyl groups is 1.